The summed E-state index contributed by atoms with van der Waals surface area (Å²) in [6, 6.07) is 24.9. The Kier molecular flexibility index (Phi) is 3.28. The predicted molar refractivity (Wildman–Crippen MR) is 94.2 cm³/mol. The Balaban J connectivity index is 2.08. The highest BCUT2D eigenvalue weighted by Crippen LogP contribution is 2.32. The van der Waals surface area contributed by atoms with Gasteiger partial charge in [-0.15, -0.1) is 0 Å². The third-order valence-corrected chi connectivity index (χ3v) is 4.21. The van der Waals surface area contributed by atoms with Gasteiger partial charge in [-0.2, -0.15) is 0 Å². The van der Waals surface area contributed by atoms with Gasteiger partial charge in [0.05, 0.1) is 11.2 Å². The van der Waals surface area contributed by atoms with Crippen LogP contribution in [0.25, 0.3) is 28.0 Å². The van der Waals surface area contributed by atoms with E-state index in [1.807, 2.05) is 30.5 Å². The second-order valence-electron chi connectivity index (χ2n) is 5.12. The first-order valence-corrected chi connectivity index (χ1v) is 7.90. The fourth-order valence-corrected chi connectivity index (χ4v) is 3.08. The van der Waals surface area contributed by atoms with Crippen LogP contribution in [0.4, 0.5) is 0 Å². The minimum Gasteiger partial charge on any atom is -0.294 e. The largest absolute Gasteiger partial charge is 0.294 e. The molecule has 22 heavy (non-hydrogen) atoms. The van der Waals surface area contributed by atoms with Crippen molar-refractivity contribution in [1.29, 1.82) is 0 Å². The second kappa shape index (κ2) is 5.43. The molecule has 0 saturated carbocycles. The number of benzene rings is 2. The number of pyridine rings is 1. The molecule has 0 radical (unpaired) electrons. The summed E-state index contributed by atoms with van der Waals surface area (Å²) in [5.41, 5.74) is 3.47. The summed E-state index contributed by atoms with van der Waals surface area (Å²) in [5, 5.41) is 1.20. The molecule has 0 fully saturated rings. The van der Waals surface area contributed by atoms with Crippen LogP contribution in [0.1, 0.15) is 0 Å². The predicted octanol–water partition coefficient (Wildman–Crippen LogP) is 5.46. The first-order chi connectivity index (χ1) is 10.8. The molecule has 0 saturated heterocycles. The van der Waals surface area contributed by atoms with Crippen LogP contribution in [-0.2, 0) is 0 Å². The van der Waals surface area contributed by atoms with Crippen molar-refractivity contribution in [3.63, 3.8) is 0 Å². The highest BCUT2D eigenvalue weighted by atomic mass is 79.9. The molecule has 0 aliphatic rings. The monoisotopic (exact) mass is 348 g/mol. The number of halogens is 1. The summed E-state index contributed by atoms with van der Waals surface area (Å²) >= 11 is 3.57. The Bertz CT molecular complexity index is 928. The van der Waals surface area contributed by atoms with Crippen molar-refractivity contribution in [1.82, 2.24) is 9.55 Å². The Morgan fingerprint density at radius 1 is 0.818 bits per heavy atom. The molecule has 2 nitrogen and oxygen atoms in total. The maximum atomic E-state index is 4.53. The number of hydrogen-bond acceptors (Lipinski definition) is 1. The molecule has 0 unspecified atom stereocenters. The minimum absolute atomic E-state index is 0.925. The molecule has 4 rings (SSSR count). The molecule has 0 aliphatic carbocycles. The van der Waals surface area contributed by atoms with E-state index in [2.05, 4.69) is 74.0 Å². The summed E-state index contributed by atoms with van der Waals surface area (Å²) in [5.74, 6) is 0.925. The van der Waals surface area contributed by atoms with E-state index in [-0.39, 0.29) is 0 Å². The van der Waals surface area contributed by atoms with E-state index in [9.17, 15) is 0 Å². The lowest BCUT2D eigenvalue weighted by Gasteiger charge is -2.10. The van der Waals surface area contributed by atoms with Gasteiger partial charge < -0.3 is 0 Å². The Morgan fingerprint density at radius 2 is 1.64 bits per heavy atom. The topological polar surface area (TPSA) is 17.8 Å². The smallest absolute Gasteiger partial charge is 0.137 e. The van der Waals surface area contributed by atoms with Gasteiger partial charge in [0.2, 0.25) is 0 Å². The van der Waals surface area contributed by atoms with Gasteiger partial charge >= 0.3 is 0 Å². The van der Waals surface area contributed by atoms with Crippen molar-refractivity contribution in [2.45, 2.75) is 0 Å². The Hall–Kier alpha value is -2.39. The molecular weight excluding hydrogens is 336 g/mol. The van der Waals surface area contributed by atoms with Crippen molar-refractivity contribution < 1.29 is 0 Å². The maximum Gasteiger partial charge on any atom is 0.137 e. The van der Waals surface area contributed by atoms with Crippen molar-refractivity contribution in [3.05, 3.63) is 83.5 Å². The van der Waals surface area contributed by atoms with Gasteiger partial charge in [0.1, 0.15) is 5.82 Å². The number of aromatic nitrogens is 2. The SMILES string of the molecule is Brc1ccc2cc(-c3ccccc3)n(-c3ccccn3)c2c1. The molecule has 2 aromatic heterocycles. The Morgan fingerprint density at radius 3 is 2.41 bits per heavy atom. The zero-order valence-corrected chi connectivity index (χ0v) is 13.4. The highest BCUT2D eigenvalue weighted by Gasteiger charge is 2.13. The maximum absolute atomic E-state index is 4.53. The lowest BCUT2D eigenvalue weighted by molar-refractivity contribution is 1.05. The second-order valence-corrected chi connectivity index (χ2v) is 6.04. The van der Waals surface area contributed by atoms with Crippen LogP contribution in [-0.4, -0.2) is 9.55 Å². The Labute approximate surface area is 137 Å². The molecule has 2 aromatic carbocycles. The summed E-state index contributed by atoms with van der Waals surface area (Å²) in [4.78, 5) is 4.53. The van der Waals surface area contributed by atoms with E-state index in [1.54, 1.807) is 0 Å². The molecule has 106 valence electrons. The molecule has 2 heterocycles. The van der Waals surface area contributed by atoms with E-state index >= 15 is 0 Å². The van der Waals surface area contributed by atoms with Gasteiger partial charge in [0.25, 0.3) is 0 Å². The lowest BCUT2D eigenvalue weighted by atomic mass is 10.1. The van der Waals surface area contributed by atoms with Crippen molar-refractivity contribution in [3.8, 4) is 17.1 Å². The van der Waals surface area contributed by atoms with Gasteiger partial charge in [-0.3, -0.25) is 4.57 Å². The van der Waals surface area contributed by atoms with Gasteiger partial charge in [-0.1, -0.05) is 58.4 Å². The fourth-order valence-electron chi connectivity index (χ4n) is 2.73. The van der Waals surface area contributed by atoms with Gasteiger partial charge in [0, 0.05) is 16.1 Å². The third kappa shape index (κ3) is 2.24. The van der Waals surface area contributed by atoms with E-state index in [4.69, 9.17) is 0 Å². The minimum atomic E-state index is 0.925. The van der Waals surface area contributed by atoms with Crippen LogP contribution in [0, 0.1) is 0 Å². The molecule has 0 amide bonds. The van der Waals surface area contributed by atoms with Crippen LogP contribution in [0.3, 0.4) is 0 Å². The van der Waals surface area contributed by atoms with Crippen LogP contribution in [0.5, 0.6) is 0 Å². The molecule has 3 heteroatoms. The summed E-state index contributed by atoms with van der Waals surface area (Å²) in [6.07, 6.45) is 1.83. The number of hydrogen-bond donors (Lipinski definition) is 0. The van der Waals surface area contributed by atoms with Crippen molar-refractivity contribution in [2.75, 3.05) is 0 Å². The van der Waals surface area contributed by atoms with Crippen molar-refractivity contribution in [2.24, 2.45) is 0 Å². The van der Waals surface area contributed by atoms with E-state index < -0.39 is 0 Å². The first-order valence-electron chi connectivity index (χ1n) is 7.11. The van der Waals surface area contributed by atoms with E-state index in [0.29, 0.717) is 0 Å². The number of nitrogens with zero attached hydrogens (tertiary/aromatic N) is 2. The highest BCUT2D eigenvalue weighted by molar-refractivity contribution is 9.10. The van der Waals surface area contributed by atoms with Gasteiger partial charge in [-0.25, -0.2) is 4.98 Å². The summed E-state index contributed by atoms with van der Waals surface area (Å²) < 4.78 is 3.27. The third-order valence-electron chi connectivity index (χ3n) is 3.71. The van der Waals surface area contributed by atoms with Gasteiger partial charge in [-0.05, 0) is 35.9 Å². The quantitative estimate of drug-likeness (QED) is 0.470. The van der Waals surface area contributed by atoms with Crippen LogP contribution >= 0.6 is 15.9 Å². The molecule has 4 aromatic rings. The molecule has 0 bridgehead atoms. The standard InChI is InChI=1S/C19H13BrN2/c20-16-10-9-15-12-17(14-6-2-1-3-7-14)22(18(15)13-16)19-8-4-5-11-21-19/h1-13H. The zero-order chi connectivity index (χ0) is 14.9. The fraction of sp³-hybridized carbons (Fsp3) is 0. The van der Waals surface area contributed by atoms with Crippen molar-refractivity contribution >= 4 is 26.8 Å². The van der Waals surface area contributed by atoms with Crippen LogP contribution in [0.2, 0.25) is 0 Å². The average molecular weight is 349 g/mol. The molecule has 0 N–H and O–H groups in total. The molecular formula is C19H13BrN2. The van der Waals surface area contributed by atoms with E-state index in [0.717, 1.165) is 21.5 Å². The van der Waals surface area contributed by atoms with Crippen LogP contribution in [0.15, 0.2) is 83.5 Å². The average Bonchev–Trinajstić information content (AvgIpc) is 2.95. The number of fused-ring (bicyclic) bond motifs is 1. The van der Waals surface area contributed by atoms with Gasteiger partial charge in [0.15, 0.2) is 0 Å². The lowest BCUT2D eigenvalue weighted by Crippen LogP contribution is -1.98. The van der Waals surface area contributed by atoms with Crippen LogP contribution < -0.4 is 0 Å². The summed E-state index contributed by atoms with van der Waals surface area (Å²) in [6.45, 7) is 0. The molecule has 0 atom stereocenters. The molecule has 0 spiro atoms. The first kappa shape index (κ1) is 13.3. The van der Waals surface area contributed by atoms with E-state index in [1.165, 1.54) is 10.9 Å². The zero-order valence-electron chi connectivity index (χ0n) is 11.8. The normalized spacial score (nSPS) is 11.0. The summed E-state index contributed by atoms with van der Waals surface area (Å²) in [7, 11) is 0. The molecule has 0 aliphatic heterocycles. The number of rotatable bonds is 2.